The standard InChI is InChI=1S/C20H22ClFN6O2/c1-12(14-9-23-19(21)24-10-14)25-20(30)28-11-16(27-8-2-3-17(27)29)18(26-28)13-4-6-15(22)7-5-13/h4-7,9-10,12,16-17,29H,2-3,8,11H2,1H3,(H,25,30)/t12-,16-,17?/m1/s1. The maximum Gasteiger partial charge on any atom is 0.338 e. The van der Waals surface area contributed by atoms with Gasteiger partial charge in [-0.3, -0.25) is 4.90 Å². The van der Waals surface area contributed by atoms with Crippen LogP contribution in [0.2, 0.25) is 5.28 Å². The van der Waals surface area contributed by atoms with Crippen LogP contribution < -0.4 is 5.32 Å². The van der Waals surface area contributed by atoms with Crippen LogP contribution in [0.3, 0.4) is 0 Å². The van der Waals surface area contributed by atoms with Gasteiger partial charge in [-0.2, -0.15) is 5.10 Å². The number of nitrogens with zero attached hydrogens (tertiary/aromatic N) is 5. The number of aromatic nitrogens is 2. The number of carbonyl (C=O) groups is 1. The first-order valence-electron chi connectivity index (χ1n) is 9.76. The third kappa shape index (κ3) is 4.28. The molecule has 30 heavy (non-hydrogen) atoms. The fourth-order valence-electron chi connectivity index (χ4n) is 3.77. The summed E-state index contributed by atoms with van der Waals surface area (Å²) in [6.07, 6.45) is 4.07. The lowest BCUT2D eigenvalue weighted by molar-refractivity contribution is 0.0236. The van der Waals surface area contributed by atoms with Crippen molar-refractivity contribution >= 4 is 23.3 Å². The third-order valence-corrected chi connectivity index (χ3v) is 5.60. The molecule has 2 aromatic rings. The van der Waals surface area contributed by atoms with E-state index in [9.17, 15) is 14.3 Å². The molecule has 1 saturated heterocycles. The molecule has 1 aromatic heterocycles. The number of rotatable bonds is 4. The highest BCUT2D eigenvalue weighted by atomic mass is 35.5. The quantitative estimate of drug-likeness (QED) is 0.724. The molecule has 3 atom stereocenters. The van der Waals surface area contributed by atoms with Crippen LogP contribution in [-0.2, 0) is 0 Å². The van der Waals surface area contributed by atoms with Gasteiger partial charge in [-0.1, -0.05) is 12.1 Å². The fraction of sp³-hybridized carbons (Fsp3) is 0.400. The Kier molecular flexibility index (Phi) is 5.94. The molecule has 1 unspecified atom stereocenters. The van der Waals surface area contributed by atoms with Gasteiger partial charge in [-0.05, 0) is 49.1 Å². The lowest BCUT2D eigenvalue weighted by Crippen LogP contribution is -2.47. The Labute approximate surface area is 178 Å². The highest BCUT2D eigenvalue weighted by molar-refractivity contribution is 6.28. The largest absolute Gasteiger partial charge is 0.378 e. The Bertz CT molecular complexity index is 939. The lowest BCUT2D eigenvalue weighted by atomic mass is 10.0. The molecule has 0 spiro atoms. The average molecular weight is 433 g/mol. The van der Waals surface area contributed by atoms with Crippen LogP contribution in [0.5, 0.6) is 0 Å². The summed E-state index contributed by atoms with van der Waals surface area (Å²) in [5.74, 6) is -0.344. The molecular weight excluding hydrogens is 411 g/mol. The van der Waals surface area contributed by atoms with Crippen molar-refractivity contribution in [2.75, 3.05) is 13.1 Å². The number of hydrogen-bond donors (Lipinski definition) is 2. The van der Waals surface area contributed by atoms with Gasteiger partial charge in [0.1, 0.15) is 12.0 Å². The number of halogens is 2. The summed E-state index contributed by atoms with van der Waals surface area (Å²) >= 11 is 5.72. The molecule has 4 rings (SSSR count). The van der Waals surface area contributed by atoms with Gasteiger partial charge in [-0.15, -0.1) is 0 Å². The fourth-order valence-corrected chi connectivity index (χ4v) is 3.87. The number of urea groups is 1. The van der Waals surface area contributed by atoms with Crippen molar-refractivity contribution in [1.29, 1.82) is 0 Å². The van der Waals surface area contributed by atoms with E-state index in [-0.39, 0.29) is 29.2 Å². The molecule has 3 heterocycles. The van der Waals surface area contributed by atoms with Crippen LogP contribution in [0, 0.1) is 5.82 Å². The highest BCUT2D eigenvalue weighted by Gasteiger charge is 2.39. The predicted molar refractivity (Wildman–Crippen MR) is 109 cm³/mol. The van der Waals surface area contributed by atoms with E-state index in [4.69, 9.17) is 11.6 Å². The molecular formula is C20H22ClFN6O2. The molecule has 10 heteroatoms. The molecule has 8 nitrogen and oxygen atoms in total. The van der Waals surface area contributed by atoms with Gasteiger partial charge < -0.3 is 10.4 Å². The summed E-state index contributed by atoms with van der Waals surface area (Å²) in [7, 11) is 0. The summed E-state index contributed by atoms with van der Waals surface area (Å²) in [4.78, 5) is 22.7. The molecule has 0 bridgehead atoms. The number of aliphatic hydroxyl groups excluding tert-OH is 1. The number of carbonyl (C=O) groups excluding carboxylic acids is 1. The first-order valence-corrected chi connectivity index (χ1v) is 10.1. The van der Waals surface area contributed by atoms with Gasteiger partial charge in [0.25, 0.3) is 0 Å². The van der Waals surface area contributed by atoms with Crippen LogP contribution in [-0.4, -0.2) is 62.1 Å². The number of hydrogen-bond acceptors (Lipinski definition) is 6. The normalized spacial score (nSPS) is 22.8. The summed E-state index contributed by atoms with van der Waals surface area (Å²) in [5.41, 5.74) is 2.06. The average Bonchev–Trinajstić information content (AvgIpc) is 3.35. The Hall–Kier alpha value is -2.62. The van der Waals surface area contributed by atoms with Crippen LogP contribution in [0.1, 0.15) is 36.9 Å². The molecule has 1 fully saturated rings. The first-order chi connectivity index (χ1) is 14.4. The second kappa shape index (κ2) is 8.63. The zero-order valence-electron chi connectivity index (χ0n) is 16.4. The number of amides is 2. The van der Waals surface area contributed by atoms with Crippen LogP contribution in [0.25, 0.3) is 0 Å². The molecule has 1 aromatic carbocycles. The summed E-state index contributed by atoms with van der Waals surface area (Å²) in [6.45, 7) is 2.81. The highest BCUT2D eigenvalue weighted by Crippen LogP contribution is 2.26. The summed E-state index contributed by atoms with van der Waals surface area (Å²) < 4.78 is 13.4. The van der Waals surface area contributed by atoms with Gasteiger partial charge in [0, 0.05) is 24.5 Å². The monoisotopic (exact) mass is 432 g/mol. The van der Waals surface area contributed by atoms with Crippen molar-refractivity contribution in [3.8, 4) is 0 Å². The molecule has 0 aliphatic carbocycles. The number of benzene rings is 1. The number of aliphatic hydroxyl groups is 1. The number of hydrazone groups is 1. The van der Waals surface area contributed by atoms with E-state index in [0.717, 1.165) is 12.0 Å². The van der Waals surface area contributed by atoms with Crippen molar-refractivity contribution in [1.82, 2.24) is 25.2 Å². The second-order valence-electron chi connectivity index (χ2n) is 7.41. The van der Waals surface area contributed by atoms with Gasteiger partial charge in [-0.25, -0.2) is 24.2 Å². The zero-order valence-corrected chi connectivity index (χ0v) is 17.1. The van der Waals surface area contributed by atoms with Crippen LogP contribution >= 0.6 is 11.6 Å². The molecule has 2 amide bonds. The predicted octanol–water partition coefficient (Wildman–Crippen LogP) is 2.54. The smallest absolute Gasteiger partial charge is 0.338 e. The van der Waals surface area contributed by atoms with Crippen molar-refractivity contribution in [3.05, 3.63) is 58.9 Å². The van der Waals surface area contributed by atoms with Crippen molar-refractivity contribution in [3.63, 3.8) is 0 Å². The molecule has 0 saturated carbocycles. The van der Waals surface area contributed by atoms with E-state index in [1.54, 1.807) is 24.5 Å². The maximum atomic E-state index is 13.4. The van der Waals surface area contributed by atoms with Crippen molar-refractivity contribution in [2.45, 2.75) is 38.1 Å². The minimum Gasteiger partial charge on any atom is -0.378 e. The van der Waals surface area contributed by atoms with E-state index >= 15 is 0 Å². The zero-order chi connectivity index (χ0) is 21.3. The van der Waals surface area contributed by atoms with E-state index in [0.29, 0.717) is 30.8 Å². The minimum atomic E-state index is -0.589. The van der Waals surface area contributed by atoms with Crippen molar-refractivity contribution in [2.24, 2.45) is 5.10 Å². The van der Waals surface area contributed by atoms with E-state index in [1.807, 2.05) is 11.8 Å². The number of nitrogens with one attached hydrogen (secondary N) is 1. The van der Waals surface area contributed by atoms with E-state index < -0.39 is 6.23 Å². The molecule has 2 aliphatic rings. The Morgan fingerprint density at radius 2 is 2.00 bits per heavy atom. The first kappa shape index (κ1) is 20.6. The topological polar surface area (TPSA) is 94.0 Å². The molecule has 0 radical (unpaired) electrons. The summed E-state index contributed by atoms with van der Waals surface area (Å²) in [6, 6.07) is 5.00. The second-order valence-corrected chi connectivity index (χ2v) is 7.75. The Morgan fingerprint density at radius 3 is 2.63 bits per heavy atom. The molecule has 2 N–H and O–H groups in total. The van der Waals surface area contributed by atoms with Gasteiger partial charge >= 0.3 is 6.03 Å². The van der Waals surface area contributed by atoms with E-state index in [1.165, 1.54) is 17.1 Å². The Morgan fingerprint density at radius 1 is 1.30 bits per heavy atom. The summed E-state index contributed by atoms with van der Waals surface area (Å²) in [5, 5.41) is 19.2. The molecule has 158 valence electrons. The number of likely N-dealkylation sites (tertiary alicyclic amines) is 1. The van der Waals surface area contributed by atoms with Gasteiger partial charge in [0.15, 0.2) is 0 Å². The molecule has 2 aliphatic heterocycles. The Balaban J connectivity index is 1.54. The third-order valence-electron chi connectivity index (χ3n) is 5.41. The van der Waals surface area contributed by atoms with Gasteiger partial charge in [0.2, 0.25) is 5.28 Å². The van der Waals surface area contributed by atoms with E-state index in [2.05, 4.69) is 20.4 Å². The maximum absolute atomic E-state index is 13.4. The SMILES string of the molecule is C[C@@H](NC(=O)N1C[C@@H](N2CCCC2O)C(c2ccc(F)cc2)=N1)c1cnc(Cl)nc1. The van der Waals surface area contributed by atoms with Gasteiger partial charge in [0.05, 0.1) is 24.3 Å². The van der Waals surface area contributed by atoms with Crippen LogP contribution in [0.15, 0.2) is 41.8 Å². The lowest BCUT2D eigenvalue weighted by Gasteiger charge is -2.28. The minimum absolute atomic E-state index is 0.136. The van der Waals surface area contributed by atoms with Crippen LogP contribution in [0.4, 0.5) is 9.18 Å². The van der Waals surface area contributed by atoms with Crippen molar-refractivity contribution < 1.29 is 14.3 Å².